The Balaban J connectivity index is 0.00000289. The predicted molar refractivity (Wildman–Crippen MR) is 75.3 cm³/mol. The number of rotatable bonds is 6. The number of ether oxygens (including phenoxy) is 1. The molecule has 0 unspecified atom stereocenters. The van der Waals surface area contributed by atoms with E-state index in [0.29, 0.717) is 19.5 Å². The van der Waals surface area contributed by atoms with Crippen molar-refractivity contribution in [2.75, 3.05) is 27.7 Å². The fourth-order valence-electron chi connectivity index (χ4n) is 1.52. The molecule has 0 saturated heterocycles. The zero-order chi connectivity index (χ0) is 12.7. The molecular weight excluding hydrogens is 252 g/mol. The van der Waals surface area contributed by atoms with Gasteiger partial charge in [-0.15, -0.1) is 12.4 Å². The van der Waals surface area contributed by atoms with Gasteiger partial charge in [-0.1, -0.05) is 12.1 Å². The van der Waals surface area contributed by atoms with Crippen LogP contribution in [0.15, 0.2) is 24.3 Å². The number of nitrogens with zero attached hydrogens (tertiary/aromatic N) is 1. The minimum Gasteiger partial charge on any atom is -0.497 e. The summed E-state index contributed by atoms with van der Waals surface area (Å²) < 4.78 is 5.09. The average molecular weight is 273 g/mol. The Bertz CT molecular complexity index is 355. The first-order valence-electron chi connectivity index (χ1n) is 5.69. The van der Waals surface area contributed by atoms with E-state index in [4.69, 9.17) is 4.74 Å². The van der Waals surface area contributed by atoms with Gasteiger partial charge in [-0.05, 0) is 24.7 Å². The highest BCUT2D eigenvalue weighted by molar-refractivity contribution is 5.85. The van der Waals surface area contributed by atoms with Crippen LogP contribution in [-0.2, 0) is 11.3 Å². The lowest BCUT2D eigenvalue weighted by molar-refractivity contribution is -0.130. The van der Waals surface area contributed by atoms with Crippen LogP contribution in [0.1, 0.15) is 12.0 Å². The molecule has 1 aromatic carbocycles. The normalized spacial score (nSPS) is 9.50. The monoisotopic (exact) mass is 272 g/mol. The van der Waals surface area contributed by atoms with E-state index in [2.05, 4.69) is 5.32 Å². The van der Waals surface area contributed by atoms with Gasteiger partial charge in [0.1, 0.15) is 5.75 Å². The van der Waals surface area contributed by atoms with Crippen molar-refractivity contribution in [1.29, 1.82) is 0 Å². The maximum absolute atomic E-state index is 11.7. The van der Waals surface area contributed by atoms with E-state index < -0.39 is 0 Å². The molecule has 1 amide bonds. The van der Waals surface area contributed by atoms with Gasteiger partial charge in [0.15, 0.2) is 0 Å². The highest BCUT2D eigenvalue weighted by Crippen LogP contribution is 2.12. The highest BCUT2D eigenvalue weighted by atomic mass is 35.5. The number of benzene rings is 1. The molecule has 1 rings (SSSR count). The molecule has 0 spiro atoms. The standard InChI is InChI=1S/C13H20N2O2.ClH/c1-14-9-8-13(16)15(2)10-11-4-6-12(17-3)7-5-11;/h4-7,14H,8-10H2,1-3H3;1H. The van der Waals surface area contributed by atoms with Gasteiger partial charge in [0.05, 0.1) is 7.11 Å². The molecule has 0 fully saturated rings. The van der Waals surface area contributed by atoms with Crippen molar-refractivity contribution in [3.8, 4) is 5.75 Å². The van der Waals surface area contributed by atoms with Crippen LogP contribution in [0.2, 0.25) is 0 Å². The van der Waals surface area contributed by atoms with E-state index in [0.717, 1.165) is 11.3 Å². The summed E-state index contributed by atoms with van der Waals surface area (Å²) in [7, 11) is 5.31. The third-order valence-electron chi connectivity index (χ3n) is 2.59. The van der Waals surface area contributed by atoms with Crippen molar-refractivity contribution >= 4 is 18.3 Å². The summed E-state index contributed by atoms with van der Waals surface area (Å²) >= 11 is 0. The molecule has 0 heterocycles. The Morgan fingerprint density at radius 2 is 1.94 bits per heavy atom. The van der Waals surface area contributed by atoms with Crippen molar-refractivity contribution in [1.82, 2.24) is 10.2 Å². The number of nitrogens with one attached hydrogen (secondary N) is 1. The number of halogens is 1. The highest BCUT2D eigenvalue weighted by Gasteiger charge is 2.08. The molecule has 102 valence electrons. The van der Waals surface area contributed by atoms with E-state index >= 15 is 0 Å². The van der Waals surface area contributed by atoms with E-state index in [-0.39, 0.29) is 18.3 Å². The first-order chi connectivity index (χ1) is 8.17. The first kappa shape index (κ1) is 16.7. The third kappa shape index (κ3) is 5.38. The van der Waals surface area contributed by atoms with E-state index in [1.54, 1.807) is 12.0 Å². The minimum absolute atomic E-state index is 0. The zero-order valence-corrected chi connectivity index (χ0v) is 11.9. The molecule has 0 saturated carbocycles. The maximum Gasteiger partial charge on any atom is 0.223 e. The number of methoxy groups -OCH3 is 1. The molecule has 1 N–H and O–H groups in total. The largest absolute Gasteiger partial charge is 0.497 e. The third-order valence-corrected chi connectivity index (χ3v) is 2.59. The van der Waals surface area contributed by atoms with Gasteiger partial charge in [0.25, 0.3) is 0 Å². The molecule has 0 bridgehead atoms. The van der Waals surface area contributed by atoms with Crippen molar-refractivity contribution in [2.24, 2.45) is 0 Å². The van der Waals surface area contributed by atoms with Crippen molar-refractivity contribution in [2.45, 2.75) is 13.0 Å². The first-order valence-corrected chi connectivity index (χ1v) is 5.69. The molecular formula is C13H21ClN2O2. The topological polar surface area (TPSA) is 41.6 Å². The molecule has 0 aliphatic heterocycles. The Hall–Kier alpha value is -1.26. The molecule has 1 aromatic rings. The van der Waals surface area contributed by atoms with Crippen molar-refractivity contribution in [3.05, 3.63) is 29.8 Å². The van der Waals surface area contributed by atoms with Crippen LogP contribution >= 0.6 is 12.4 Å². The molecule has 18 heavy (non-hydrogen) atoms. The SMILES string of the molecule is CNCCC(=O)N(C)Cc1ccc(OC)cc1.Cl. The van der Waals surface area contributed by atoms with E-state index in [1.807, 2.05) is 38.4 Å². The van der Waals surface area contributed by atoms with Gasteiger partial charge in [-0.3, -0.25) is 4.79 Å². The number of carbonyl (C=O) groups is 1. The van der Waals surface area contributed by atoms with Crippen LogP contribution in [0.4, 0.5) is 0 Å². The van der Waals surface area contributed by atoms with Gasteiger partial charge >= 0.3 is 0 Å². The summed E-state index contributed by atoms with van der Waals surface area (Å²) in [4.78, 5) is 13.4. The fraction of sp³-hybridized carbons (Fsp3) is 0.462. The Morgan fingerprint density at radius 3 is 2.44 bits per heavy atom. The van der Waals surface area contributed by atoms with E-state index in [9.17, 15) is 4.79 Å². The fourth-order valence-corrected chi connectivity index (χ4v) is 1.52. The van der Waals surface area contributed by atoms with Gasteiger partial charge < -0.3 is 15.0 Å². The summed E-state index contributed by atoms with van der Waals surface area (Å²) in [5.74, 6) is 0.980. The van der Waals surface area contributed by atoms with Gasteiger partial charge in [-0.25, -0.2) is 0 Å². The number of amides is 1. The molecule has 4 nitrogen and oxygen atoms in total. The van der Waals surface area contributed by atoms with Crippen LogP contribution in [-0.4, -0.2) is 38.6 Å². The summed E-state index contributed by atoms with van der Waals surface area (Å²) in [6.45, 7) is 1.35. The van der Waals surface area contributed by atoms with Crippen LogP contribution in [0.5, 0.6) is 5.75 Å². The van der Waals surface area contributed by atoms with Crippen LogP contribution in [0.3, 0.4) is 0 Å². The maximum atomic E-state index is 11.7. The Kier molecular flexibility index (Phi) is 8.16. The summed E-state index contributed by atoms with van der Waals surface area (Å²) in [6, 6.07) is 7.75. The van der Waals surface area contributed by atoms with Gasteiger partial charge in [0.2, 0.25) is 5.91 Å². The quantitative estimate of drug-likeness (QED) is 0.857. The minimum atomic E-state index is 0. The molecule has 0 aliphatic carbocycles. The summed E-state index contributed by atoms with van der Waals surface area (Å²) in [5.41, 5.74) is 1.10. The predicted octanol–water partition coefficient (Wildman–Crippen LogP) is 1.68. The second-order valence-corrected chi connectivity index (χ2v) is 3.95. The number of hydrogen-bond acceptors (Lipinski definition) is 3. The average Bonchev–Trinajstić information content (AvgIpc) is 2.36. The van der Waals surface area contributed by atoms with Crippen LogP contribution in [0.25, 0.3) is 0 Å². The molecule has 0 radical (unpaired) electrons. The van der Waals surface area contributed by atoms with Gasteiger partial charge in [0, 0.05) is 26.6 Å². The lowest BCUT2D eigenvalue weighted by Crippen LogP contribution is -2.28. The summed E-state index contributed by atoms with van der Waals surface area (Å²) in [5, 5.41) is 2.97. The molecule has 0 aliphatic rings. The lowest BCUT2D eigenvalue weighted by atomic mass is 10.2. The summed E-state index contributed by atoms with van der Waals surface area (Å²) in [6.07, 6.45) is 0.531. The second kappa shape index (κ2) is 8.78. The molecule has 5 heteroatoms. The van der Waals surface area contributed by atoms with Gasteiger partial charge in [-0.2, -0.15) is 0 Å². The lowest BCUT2D eigenvalue weighted by Gasteiger charge is -2.17. The van der Waals surface area contributed by atoms with E-state index in [1.165, 1.54) is 0 Å². The van der Waals surface area contributed by atoms with Crippen LogP contribution < -0.4 is 10.1 Å². The number of carbonyl (C=O) groups excluding carboxylic acids is 1. The van der Waals surface area contributed by atoms with Crippen molar-refractivity contribution < 1.29 is 9.53 Å². The molecule has 0 atom stereocenters. The second-order valence-electron chi connectivity index (χ2n) is 3.95. The Labute approximate surface area is 115 Å². The zero-order valence-electron chi connectivity index (χ0n) is 11.1. The van der Waals surface area contributed by atoms with Crippen molar-refractivity contribution in [3.63, 3.8) is 0 Å². The van der Waals surface area contributed by atoms with Crippen LogP contribution in [0, 0.1) is 0 Å². The molecule has 0 aromatic heterocycles. The Morgan fingerprint density at radius 1 is 1.33 bits per heavy atom. The smallest absolute Gasteiger partial charge is 0.223 e. The number of hydrogen-bond donors (Lipinski definition) is 1.